The lowest BCUT2D eigenvalue weighted by Crippen LogP contribution is -2.35. The van der Waals surface area contributed by atoms with Crippen molar-refractivity contribution in [1.82, 2.24) is 9.97 Å². The van der Waals surface area contributed by atoms with Gasteiger partial charge in [-0.25, -0.2) is 0 Å². The molecular formula is C14H24N6O2. The van der Waals surface area contributed by atoms with E-state index in [9.17, 15) is 10.1 Å². The Bertz CT molecular complexity index is 550. The first kappa shape index (κ1) is 16.3. The third-order valence-electron chi connectivity index (χ3n) is 4.02. The van der Waals surface area contributed by atoms with E-state index >= 15 is 0 Å². The fraction of sp³-hybridized carbons (Fsp3) is 0.714. The van der Waals surface area contributed by atoms with Crippen LogP contribution in [0.1, 0.15) is 40.0 Å². The molecule has 1 saturated heterocycles. The molecule has 1 aliphatic rings. The van der Waals surface area contributed by atoms with E-state index in [4.69, 9.17) is 5.73 Å². The molecule has 0 radical (unpaired) electrons. The van der Waals surface area contributed by atoms with E-state index < -0.39 is 4.92 Å². The Morgan fingerprint density at radius 2 is 2.27 bits per heavy atom. The molecule has 8 heteroatoms. The van der Waals surface area contributed by atoms with E-state index in [1.54, 1.807) is 0 Å². The third kappa shape index (κ3) is 3.55. The molecule has 3 N–H and O–H groups in total. The summed E-state index contributed by atoms with van der Waals surface area (Å²) in [6, 6.07) is 0.175. The SMILES string of the molecule is CC[C@@H](C)Nc1nc(N)c([N+](=O)[O-])c(N2CCC[C@@H](C)C2)n1. The number of nitrogens with one attached hydrogen (secondary N) is 1. The number of piperidine rings is 1. The molecule has 0 aromatic carbocycles. The molecular weight excluding hydrogens is 284 g/mol. The summed E-state index contributed by atoms with van der Waals surface area (Å²) in [4.78, 5) is 21.2. The summed E-state index contributed by atoms with van der Waals surface area (Å²) in [5.41, 5.74) is 5.63. The molecule has 1 fully saturated rings. The van der Waals surface area contributed by atoms with Crippen molar-refractivity contribution in [2.24, 2.45) is 5.92 Å². The molecule has 1 aromatic heterocycles. The van der Waals surface area contributed by atoms with Crippen molar-refractivity contribution in [3.63, 3.8) is 0 Å². The van der Waals surface area contributed by atoms with Gasteiger partial charge in [-0.15, -0.1) is 0 Å². The van der Waals surface area contributed by atoms with Crippen LogP contribution in [0.5, 0.6) is 0 Å². The third-order valence-corrected chi connectivity index (χ3v) is 4.02. The molecule has 22 heavy (non-hydrogen) atoms. The summed E-state index contributed by atoms with van der Waals surface area (Å²) < 4.78 is 0. The van der Waals surface area contributed by atoms with Crippen LogP contribution in [0.4, 0.5) is 23.3 Å². The normalized spacial score (nSPS) is 19.8. The summed E-state index contributed by atoms with van der Waals surface area (Å²) in [6.45, 7) is 7.69. The Labute approximate surface area is 130 Å². The van der Waals surface area contributed by atoms with Gasteiger partial charge in [0, 0.05) is 19.1 Å². The van der Waals surface area contributed by atoms with Crippen molar-refractivity contribution in [2.45, 2.75) is 46.1 Å². The van der Waals surface area contributed by atoms with Crippen LogP contribution in [0, 0.1) is 16.0 Å². The van der Waals surface area contributed by atoms with Crippen LogP contribution in [-0.2, 0) is 0 Å². The highest BCUT2D eigenvalue weighted by Gasteiger charge is 2.29. The molecule has 1 aliphatic heterocycles. The van der Waals surface area contributed by atoms with Crippen molar-refractivity contribution in [1.29, 1.82) is 0 Å². The molecule has 2 atom stereocenters. The van der Waals surface area contributed by atoms with Gasteiger partial charge in [0.05, 0.1) is 4.92 Å². The Morgan fingerprint density at radius 3 is 2.86 bits per heavy atom. The highest BCUT2D eigenvalue weighted by Crippen LogP contribution is 2.34. The molecule has 2 rings (SSSR count). The summed E-state index contributed by atoms with van der Waals surface area (Å²) in [7, 11) is 0. The quantitative estimate of drug-likeness (QED) is 0.634. The van der Waals surface area contributed by atoms with Gasteiger partial charge in [-0.05, 0) is 32.1 Å². The van der Waals surface area contributed by atoms with Crippen LogP contribution < -0.4 is 16.0 Å². The second-order valence-corrected chi connectivity index (χ2v) is 6.01. The predicted molar refractivity (Wildman–Crippen MR) is 87.1 cm³/mol. The van der Waals surface area contributed by atoms with Gasteiger partial charge < -0.3 is 16.0 Å². The van der Waals surface area contributed by atoms with Gasteiger partial charge in [0.25, 0.3) is 0 Å². The van der Waals surface area contributed by atoms with E-state index in [0.717, 1.165) is 32.4 Å². The standard InChI is InChI=1S/C14H24N6O2/c1-4-10(3)16-14-17-12(15)11(20(21)22)13(18-14)19-7-5-6-9(2)8-19/h9-10H,4-8H2,1-3H3,(H3,15,16,17,18)/t9-,10-/m1/s1. The first-order chi connectivity index (χ1) is 10.4. The summed E-state index contributed by atoms with van der Waals surface area (Å²) >= 11 is 0. The maximum atomic E-state index is 11.4. The molecule has 0 unspecified atom stereocenters. The lowest BCUT2D eigenvalue weighted by molar-refractivity contribution is -0.383. The number of anilines is 3. The monoisotopic (exact) mass is 308 g/mol. The zero-order valence-electron chi connectivity index (χ0n) is 13.4. The number of aromatic nitrogens is 2. The zero-order chi connectivity index (χ0) is 16.3. The first-order valence-corrected chi connectivity index (χ1v) is 7.75. The fourth-order valence-corrected chi connectivity index (χ4v) is 2.62. The van der Waals surface area contributed by atoms with Gasteiger partial charge in [-0.1, -0.05) is 13.8 Å². The number of hydrogen-bond donors (Lipinski definition) is 2. The van der Waals surface area contributed by atoms with Crippen LogP contribution in [0.25, 0.3) is 0 Å². The van der Waals surface area contributed by atoms with Crippen molar-refractivity contribution in [2.75, 3.05) is 29.0 Å². The maximum absolute atomic E-state index is 11.4. The first-order valence-electron chi connectivity index (χ1n) is 7.75. The molecule has 122 valence electrons. The van der Waals surface area contributed by atoms with Gasteiger partial charge in [0.15, 0.2) is 0 Å². The van der Waals surface area contributed by atoms with Crippen molar-refractivity contribution in [3.05, 3.63) is 10.1 Å². The zero-order valence-corrected chi connectivity index (χ0v) is 13.4. The Morgan fingerprint density at radius 1 is 1.55 bits per heavy atom. The van der Waals surface area contributed by atoms with Gasteiger partial charge in [-0.2, -0.15) is 9.97 Å². The topological polar surface area (TPSA) is 110 Å². The van der Waals surface area contributed by atoms with E-state index in [1.165, 1.54) is 0 Å². The molecule has 0 amide bonds. The van der Waals surface area contributed by atoms with Crippen LogP contribution in [-0.4, -0.2) is 34.0 Å². The number of hydrogen-bond acceptors (Lipinski definition) is 7. The van der Waals surface area contributed by atoms with Crippen LogP contribution in [0.3, 0.4) is 0 Å². The number of nitrogen functional groups attached to an aromatic ring is 1. The largest absolute Gasteiger partial charge is 0.378 e. The number of rotatable bonds is 5. The van der Waals surface area contributed by atoms with Gasteiger partial charge in [0.1, 0.15) is 0 Å². The molecule has 1 aromatic rings. The van der Waals surface area contributed by atoms with Gasteiger partial charge in [0.2, 0.25) is 17.6 Å². The molecule has 8 nitrogen and oxygen atoms in total. The van der Waals surface area contributed by atoms with E-state index in [2.05, 4.69) is 22.2 Å². The van der Waals surface area contributed by atoms with Crippen molar-refractivity contribution >= 4 is 23.3 Å². The second-order valence-electron chi connectivity index (χ2n) is 6.01. The van der Waals surface area contributed by atoms with Gasteiger partial charge >= 0.3 is 5.69 Å². The average Bonchev–Trinajstić information content (AvgIpc) is 2.46. The fourth-order valence-electron chi connectivity index (χ4n) is 2.62. The smallest absolute Gasteiger partial charge is 0.353 e. The van der Waals surface area contributed by atoms with Crippen molar-refractivity contribution in [3.8, 4) is 0 Å². The maximum Gasteiger partial charge on any atom is 0.353 e. The summed E-state index contributed by atoms with van der Waals surface area (Å²) in [5, 5.41) is 14.5. The number of nitro groups is 1. The highest BCUT2D eigenvalue weighted by molar-refractivity contribution is 5.71. The van der Waals surface area contributed by atoms with Gasteiger partial charge in [-0.3, -0.25) is 10.1 Å². The van der Waals surface area contributed by atoms with Crippen molar-refractivity contribution < 1.29 is 4.92 Å². The number of nitrogens with zero attached hydrogens (tertiary/aromatic N) is 4. The lowest BCUT2D eigenvalue weighted by Gasteiger charge is -2.31. The Balaban J connectivity index is 2.40. The van der Waals surface area contributed by atoms with Crippen LogP contribution in [0.2, 0.25) is 0 Å². The lowest BCUT2D eigenvalue weighted by atomic mass is 10.0. The molecule has 0 aliphatic carbocycles. The van der Waals surface area contributed by atoms with Crippen LogP contribution in [0.15, 0.2) is 0 Å². The summed E-state index contributed by atoms with van der Waals surface area (Å²) in [5.74, 6) is 1.08. The highest BCUT2D eigenvalue weighted by atomic mass is 16.6. The van der Waals surface area contributed by atoms with E-state index in [1.807, 2.05) is 18.7 Å². The Hall–Kier alpha value is -2.12. The minimum atomic E-state index is -0.489. The summed E-state index contributed by atoms with van der Waals surface area (Å²) in [6.07, 6.45) is 3.02. The minimum Gasteiger partial charge on any atom is -0.378 e. The predicted octanol–water partition coefficient (Wildman–Crippen LogP) is 2.41. The van der Waals surface area contributed by atoms with E-state index in [0.29, 0.717) is 17.7 Å². The van der Waals surface area contributed by atoms with Crippen LogP contribution >= 0.6 is 0 Å². The molecule has 2 heterocycles. The molecule has 0 saturated carbocycles. The molecule has 0 spiro atoms. The minimum absolute atomic E-state index is 0.0842. The Kier molecular flexibility index (Phi) is 4.99. The average molecular weight is 308 g/mol. The van der Waals surface area contributed by atoms with E-state index in [-0.39, 0.29) is 17.5 Å². The number of nitrogens with two attached hydrogens (primary N) is 1. The molecule has 0 bridgehead atoms. The second kappa shape index (κ2) is 6.76.